The number of fused-ring (bicyclic) bond motifs is 1. The Morgan fingerprint density at radius 2 is 2.11 bits per heavy atom. The number of hydrogen-bond donors (Lipinski definition) is 2. The minimum atomic E-state index is -0.655. The van der Waals surface area contributed by atoms with Crippen LogP contribution in [0.4, 0.5) is 0 Å². The molecular weight excluding hydrogens is 230 g/mol. The molecule has 98 valence electrons. The van der Waals surface area contributed by atoms with E-state index >= 15 is 0 Å². The van der Waals surface area contributed by atoms with Crippen LogP contribution in [0.1, 0.15) is 37.4 Å². The maximum atomic E-state index is 10.4. The smallest absolute Gasteiger partial charge is 0.129 e. The van der Waals surface area contributed by atoms with Gasteiger partial charge in [0.05, 0.1) is 13.2 Å². The lowest BCUT2D eigenvalue weighted by Crippen LogP contribution is -2.56. The molecule has 0 saturated heterocycles. The first-order valence-corrected chi connectivity index (χ1v) is 6.47. The van der Waals surface area contributed by atoms with Gasteiger partial charge in [0, 0.05) is 11.6 Å². The van der Waals surface area contributed by atoms with Crippen molar-refractivity contribution in [3.8, 4) is 11.5 Å². The Hall–Kier alpha value is -1.26. The maximum Gasteiger partial charge on any atom is 0.129 e. The predicted octanol–water partition coefficient (Wildman–Crippen LogP) is 1.76. The lowest BCUT2D eigenvalue weighted by molar-refractivity contribution is -0.0317. The summed E-state index contributed by atoms with van der Waals surface area (Å²) < 4.78 is 11.3. The van der Waals surface area contributed by atoms with E-state index in [0.29, 0.717) is 5.75 Å². The number of aliphatic hydroxyl groups excluding tert-OH is 1. The van der Waals surface area contributed by atoms with Crippen LogP contribution in [0.5, 0.6) is 11.5 Å². The van der Waals surface area contributed by atoms with Gasteiger partial charge in [-0.05, 0) is 37.8 Å². The molecule has 4 heteroatoms. The van der Waals surface area contributed by atoms with E-state index in [1.807, 2.05) is 18.2 Å². The molecule has 1 spiro atoms. The summed E-state index contributed by atoms with van der Waals surface area (Å²) in [6.07, 6.45) is 3.40. The van der Waals surface area contributed by atoms with Gasteiger partial charge in [0.15, 0.2) is 0 Å². The SMILES string of the molecule is COc1ccc2c(c1)OC1(CCCC1)C(N)C2O. The molecule has 0 amide bonds. The third-order valence-corrected chi connectivity index (χ3v) is 4.25. The van der Waals surface area contributed by atoms with E-state index in [1.54, 1.807) is 7.11 Å². The highest BCUT2D eigenvalue weighted by Crippen LogP contribution is 2.47. The summed E-state index contributed by atoms with van der Waals surface area (Å²) in [7, 11) is 1.62. The van der Waals surface area contributed by atoms with Crippen LogP contribution in [0.2, 0.25) is 0 Å². The Morgan fingerprint density at radius 1 is 1.39 bits per heavy atom. The van der Waals surface area contributed by atoms with E-state index < -0.39 is 11.7 Å². The Labute approximate surface area is 107 Å². The van der Waals surface area contributed by atoms with Crippen molar-refractivity contribution in [2.24, 2.45) is 5.73 Å². The summed E-state index contributed by atoms with van der Waals surface area (Å²) in [5.74, 6) is 1.45. The van der Waals surface area contributed by atoms with Crippen molar-refractivity contribution in [3.63, 3.8) is 0 Å². The fourth-order valence-electron chi connectivity index (χ4n) is 3.15. The monoisotopic (exact) mass is 249 g/mol. The minimum Gasteiger partial charge on any atom is -0.497 e. The van der Waals surface area contributed by atoms with E-state index in [0.717, 1.165) is 37.0 Å². The van der Waals surface area contributed by atoms with Gasteiger partial charge in [0.25, 0.3) is 0 Å². The lowest BCUT2D eigenvalue weighted by Gasteiger charge is -2.43. The second-order valence-corrected chi connectivity index (χ2v) is 5.25. The van der Waals surface area contributed by atoms with Gasteiger partial charge < -0.3 is 20.3 Å². The summed E-state index contributed by atoms with van der Waals surface area (Å²) >= 11 is 0. The Kier molecular flexibility index (Phi) is 2.72. The molecule has 0 aromatic heterocycles. The lowest BCUT2D eigenvalue weighted by atomic mass is 9.83. The van der Waals surface area contributed by atoms with Crippen molar-refractivity contribution in [2.75, 3.05) is 7.11 Å². The number of rotatable bonds is 1. The Balaban J connectivity index is 2.03. The first-order chi connectivity index (χ1) is 8.66. The highest BCUT2D eigenvalue weighted by Gasteiger charge is 2.49. The van der Waals surface area contributed by atoms with Crippen LogP contribution < -0.4 is 15.2 Å². The van der Waals surface area contributed by atoms with E-state index in [-0.39, 0.29) is 6.04 Å². The zero-order chi connectivity index (χ0) is 12.8. The zero-order valence-electron chi connectivity index (χ0n) is 10.6. The van der Waals surface area contributed by atoms with Crippen molar-refractivity contribution in [3.05, 3.63) is 23.8 Å². The van der Waals surface area contributed by atoms with Crippen LogP contribution in [0.15, 0.2) is 18.2 Å². The van der Waals surface area contributed by atoms with Crippen LogP contribution in [0.3, 0.4) is 0 Å². The molecule has 1 heterocycles. The van der Waals surface area contributed by atoms with Crippen LogP contribution in [0, 0.1) is 0 Å². The van der Waals surface area contributed by atoms with Gasteiger partial charge >= 0.3 is 0 Å². The van der Waals surface area contributed by atoms with Crippen LogP contribution >= 0.6 is 0 Å². The molecule has 1 aliphatic heterocycles. The molecule has 0 radical (unpaired) electrons. The highest BCUT2D eigenvalue weighted by atomic mass is 16.5. The highest BCUT2D eigenvalue weighted by molar-refractivity contribution is 5.45. The molecule has 2 atom stereocenters. The van der Waals surface area contributed by atoms with Gasteiger partial charge in [-0.15, -0.1) is 0 Å². The van der Waals surface area contributed by atoms with Gasteiger partial charge in [-0.2, -0.15) is 0 Å². The maximum absolute atomic E-state index is 10.4. The van der Waals surface area contributed by atoms with Crippen molar-refractivity contribution in [2.45, 2.75) is 43.4 Å². The van der Waals surface area contributed by atoms with Gasteiger partial charge in [-0.3, -0.25) is 0 Å². The molecule has 4 nitrogen and oxygen atoms in total. The van der Waals surface area contributed by atoms with Crippen molar-refractivity contribution >= 4 is 0 Å². The molecule has 1 saturated carbocycles. The molecule has 2 unspecified atom stereocenters. The van der Waals surface area contributed by atoms with E-state index in [9.17, 15) is 5.11 Å². The van der Waals surface area contributed by atoms with Crippen LogP contribution in [-0.4, -0.2) is 23.9 Å². The summed E-state index contributed by atoms with van der Waals surface area (Å²) in [6.45, 7) is 0. The van der Waals surface area contributed by atoms with E-state index in [2.05, 4.69) is 0 Å². The summed E-state index contributed by atoms with van der Waals surface area (Å²) in [5.41, 5.74) is 6.57. The normalized spacial score (nSPS) is 28.8. The number of ether oxygens (including phenoxy) is 2. The van der Waals surface area contributed by atoms with Gasteiger partial charge in [0.2, 0.25) is 0 Å². The quantitative estimate of drug-likeness (QED) is 0.796. The van der Waals surface area contributed by atoms with Crippen molar-refractivity contribution < 1.29 is 14.6 Å². The fourth-order valence-corrected chi connectivity index (χ4v) is 3.15. The summed E-state index contributed by atoms with van der Waals surface area (Å²) in [5, 5.41) is 10.4. The van der Waals surface area contributed by atoms with Crippen LogP contribution in [0.25, 0.3) is 0 Å². The van der Waals surface area contributed by atoms with E-state index in [1.165, 1.54) is 0 Å². The molecule has 1 aromatic rings. The van der Waals surface area contributed by atoms with Gasteiger partial charge in [-0.1, -0.05) is 0 Å². The molecule has 1 aliphatic carbocycles. The number of methoxy groups -OCH3 is 1. The number of benzene rings is 1. The molecule has 2 aliphatic rings. The zero-order valence-corrected chi connectivity index (χ0v) is 10.6. The second kappa shape index (κ2) is 4.14. The molecule has 0 bridgehead atoms. The summed E-state index contributed by atoms with van der Waals surface area (Å²) in [4.78, 5) is 0. The van der Waals surface area contributed by atoms with Gasteiger partial charge in [-0.25, -0.2) is 0 Å². The number of hydrogen-bond acceptors (Lipinski definition) is 4. The topological polar surface area (TPSA) is 64.7 Å². The molecule has 3 rings (SSSR count). The molecule has 18 heavy (non-hydrogen) atoms. The standard InChI is InChI=1S/C14H19NO3/c1-17-9-4-5-10-11(8-9)18-14(6-2-3-7-14)13(15)12(10)16/h4-5,8,12-13,16H,2-3,6-7,15H2,1H3. The van der Waals surface area contributed by atoms with Gasteiger partial charge in [0.1, 0.15) is 23.2 Å². The molecule has 3 N–H and O–H groups in total. The number of aliphatic hydroxyl groups is 1. The average molecular weight is 249 g/mol. The molecule has 1 aromatic carbocycles. The largest absolute Gasteiger partial charge is 0.497 e. The molecular formula is C14H19NO3. The van der Waals surface area contributed by atoms with Crippen molar-refractivity contribution in [1.82, 2.24) is 0 Å². The minimum absolute atomic E-state index is 0.346. The first kappa shape index (κ1) is 11.8. The van der Waals surface area contributed by atoms with Crippen LogP contribution in [-0.2, 0) is 0 Å². The predicted molar refractivity (Wildman–Crippen MR) is 67.8 cm³/mol. The third kappa shape index (κ3) is 1.60. The Bertz CT molecular complexity index is 454. The first-order valence-electron chi connectivity index (χ1n) is 6.47. The fraction of sp³-hybridized carbons (Fsp3) is 0.571. The molecule has 1 fully saturated rings. The number of nitrogens with two attached hydrogens (primary N) is 1. The third-order valence-electron chi connectivity index (χ3n) is 4.25. The average Bonchev–Trinajstić information content (AvgIpc) is 2.85. The summed E-state index contributed by atoms with van der Waals surface area (Å²) in [6, 6.07) is 5.15. The van der Waals surface area contributed by atoms with Crippen molar-refractivity contribution in [1.29, 1.82) is 0 Å². The Morgan fingerprint density at radius 3 is 2.78 bits per heavy atom. The second-order valence-electron chi connectivity index (χ2n) is 5.25. The van der Waals surface area contributed by atoms with E-state index in [4.69, 9.17) is 15.2 Å².